The molecule has 0 spiro atoms. The van der Waals surface area contributed by atoms with Crippen LogP contribution in [0.1, 0.15) is 39.5 Å². The van der Waals surface area contributed by atoms with Gasteiger partial charge in [0.25, 0.3) is 0 Å². The summed E-state index contributed by atoms with van der Waals surface area (Å²) in [6, 6.07) is 0. The Balaban J connectivity index is 0. The summed E-state index contributed by atoms with van der Waals surface area (Å²) in [5, 5.41) is 0. The molecule has 1 unspecified atom stereocenters. The summed E-state index contributed by atoms with van der Waals surface area (Å²) in [6.07, 6.45) is 5.05. The van der Waals surface area contributed by atoms with E-state index in [1.165, 1.54) is 25.7 Å². The molecule has 0 aromatic carbocycles. The van der Waals surface area contributed by atoms with E-state index in [0.717, 1.165) is 0 Å². The van der Waals surface area contributed by atoms with Crippen molar-refractivity contribution in [1.82, 2.24) is 0 Å². The summed E-state index contributed by atoms with van der Waals surface area (Å²) in [5.41, 5.74) is 5.40. The number of unbranched alkanes of at least 4 members (excludes halogenated alkanes) is 1. The zero-order chi connectivity index (χ0) is 7.11. The third kappa shape index (κ3) is 6.57. The minimum absolute atomic E-state index is 0. The van der Waals surface area contributed by atoms with Crippen LogP contribution in [0.15, 0.2) is 0 Å². The molecule has 0 aromatic heterocycles. The molecule has 0 saturated carbocycles. The van der Waals surface area contributed by atoms with Crippen LogP contribution in [0.5, 0.6) is 0 Å². The summed E-state index contributed by atoms with van der Waals surface area (Å²) in [7, 11) is 0. The van der Waals surface area contributed by atoms with Crippen molar-refractivity contribution < 1.29 is 16.5 Å². The molecule has 0 aromatic rings. The molecule has 1 atom stereocenters. The first-order chi connectivity index (χ1) is 4.35. The first kappa shape index (κ1) is 13.1. The van der Waals surface area contributed by atoms with Crippen molar-refractivity contribution in [3.05, 3.63) is 6.54 Å². The van der Waals surface area contributed by atoms with Gasteiger partial charge in [0.2, 0.25) is 0 Å². The quantitative estimate of drug-likeness (QED) is 0.518. The average molecular weight is 187 g/mol. The van der Waals surface area contributed by atoms with Crippen molar-refractivity contribution >= 4 is 0 Å². The van der Waals surface area contributed by atoms with E-state index in [-0.39, 0.29) is 16.5 Å². The molecular weight excluding hydrogens is 169 g/mol. The van der Waals surface area contributed by atoms with Gasteiger partial charge in [-0.2, -0.15) is 5.92 Å². The van der Waals surface area contributed by atoms with Crippen LogP contribution in [0.3, 0.4) is 0 Å². The minimum atomic E-state index is 0. The van der Waals surface area contributed by atoms with Crippen molar-refractivity contribution in [2.24, 2.45) is 11.7 Å². The van der Waals surface area contributed by atoms with E-state index in [1.54, 1.807) is 0 Å². The molecule has 0 aliphatic heterocycles. The van der Waals surface area contributed by atoms with Gasteiger partial charge in [-0.3, -0.25) is 6.54 Å². The van der Waals surface area contributed by atoms with Crippen LogP contribution in [0.2, 0.25) is 0 Å². The van der Waals surface area contributed by atoms with Crippen LogP contribution in [0, 0.1) is 12.5 Å². The number of rotatable bonds is 5. The molecule has 0 bridgehead atoms. The molecule has 0 saturated heterocycles. The molecule has 0 rings (SSSR count). The molecule has 66 valence electrons. The number of nitrogens with two attached hydrogens (primary N) is 1. The van der Waals surface area contributed by atoms with Crippen LogP contribution < -0.4 is 5.73 Å². The van der Waals surface area contributed by atoms with Gasteiger partial charge in [0.05, 0.1) is 0 Å². The molecule has 2 heteroatoms. The van der Waals surface area contributed by atoms with Gasteiger partial charge in [0.1, 0.15) is 0 Å². The molecule has 0 fully saturated rings. The molecular formula is C8H18NNi-. The van der Waals surface area contributed by atoms with Gasteiger partial charge in [-0.15, -0.1) is 0 Å². The van der Waals surface area contributed by atoms with Crippen LogP contribution in [-0.4, -0.2) is 0 Å². The molecule has 10 heavy (non-hydrogen) atoms. The predicted octanol–water partition coefficient (Wildman–Crippen LogP) is 2.32. The first-order valence-corrected chi connectivity index (χ1v) is 3.90. The largest absolute Gasteiger partial charge is 0.483 e. The van der Waals surface area contributed by atoms with E-state index < -0.39 is 0 Å². The van der Waals surface area contributed by atoms with Gasteiger partial charge in [-0.05, 0) is 0 Å². The average Bonchev–Trinajstić information content (AvgIpc) is 1.91. The van der Waals surface area contributed by atoms with Crippen molar-refractivity contribution in [1.29, 1.82) is 0 Å². The summed E-state index contributed by atoms with van der Waals surface area (Å²) in [4.78, 5) is 0. The van der Waals surface area contributed by atoms with Gasteiger partial charge in [-0.1, -0.05) is 39.5 Å². The van der Waals surface area contributed by atoms with E-state index in [1.807, 2.05) is 6.54 Å². The minimum Gasteiger partial charge on any atom is -0.483 e. The Kier molecular flexibility index (Phi) is 12.4. The topological polar surface area (TPSA) is 26.0 Å². The summed E-state index contributed by atoms with van der Waals surface area (Å²) in [6.45, 7) is 6.22. The van der Waals surface area contributed by atoms with E-state index in [9.17, 15) is 0 Å². The second-order valence-electron chi connectivity index (χ2n) is 2.50. The standard InChI is InChI=1S/C8H18N.Ni/c1-3-5-6-8(4-2)7-9;/h7-8H,3-6,9H2,1-2H3;/q-1;. The number of hydrogen-bond acceptors (Lipinski definition) is 1. The van der Waals surface area contributed by atoms with E-state index >= 15 is 0 Å². The molecule has 0 amide bonds. The summed E-state index contributed by atoms with van der Waals surface area (Å²) < 4.78 is 0. The summed E-state index contributed by atoms with van der Waals surface area (Å²) in [5.74, 6) is 0.657. The predicted molar refractivity (Wildman–Crippen MR) is 41.8 cm³/mol. The maximum atomic E-state index is 5.40. The fraction of sp³-hybridized carbons (Fsp3) is 0.875. The zero-order valence-corrected chi connectivity index (χ0v) is 7.86. The SMILES string of the molecule is CCCCC([CH-]N)CC.[Ni]. The van der Waals surface area contributed by atoms with Crippen LogP contribution in [0.25, 0.3) is 0 Å². The molecule has 2 N–H and O–H groups in total. The van der Waals surface area contributed by atoms with Crippen molar-refractivity contribution in [3.8, 4) is 0 Å². The van der Waals surface area contributed by atoms with Gasteiger partial charge in [0, 0.05) is 16.5 Å². The van der Waals surface area contributed by atoms with E-state index in [2.05, 4.69) is 13.8 Å². The molecule has 0 heterocycles. The van der Waals surface area contributed by atoms with Gasteiger partial charge in [-0.25, -0.2) is 0 Å². The Hall–Kier alpha value is 0.454. The molecule has 0 aliphatic rings. The van der Waals surface area contributed by atoms with Crippen LogP contribution >= 0.6 is 0 Å². The Morgan fingerprint density at radius 1 is 1.40 bits per heavy atom. The molecule has 1 nitrogen and oxygen atoms in total. The van der Waals surface area contributed by atoms with E-state index in [4.69, 9.17) is 5.73 Å². The van der Waals surface area contributed by atoms with E-state index in [0.29, 0.717) is 5.92 Å². The maximum absolute atomic E-state index is 5.40. The first-order valence-electron chi connectivity index (χ1n) is 3.90. The summed E-state index contributed by atoms with van der Waals surface area (Å²) >= 11 is 0. The third-order valence-corrected chi connectivity index (χ3v) is 1.73. The van der Waals surface area contributed by atoms with Crippen molar-refractivity contribution in [2.75, 3.05) is 0 Å². The van der Waals surface area contributed by atoms with Gasteiger partial charge >= 0.3 is 0 Å². The second-order valence-corrected chi connectivity index (χ2v) is 2.50. The van der Waals surface area contributed by atoms with Gasteiger partial charge < -0.3 is 5.73 Å². The normalized spacial score (nSPS) is 12.3. The molecule has 0 aliphatic carbocycles. The Labute approximate surface area is 74.7 Å². The maximum Gasteiger partial charge on any atom is 0 e. The van der Waals surface area contributed by atoms with Crippen molar-refractivity contribution in [3.63, 3.8) is 0 Å². The van der Waals surface area contributed by atoms with Crippen LogP contribution in [-0.2, 0) is 16.5 Å². The smallest absolute Gasteiger partial charge is 0 e. The fourth-order valence-electron chi connectivity index (χ4n) is 0.903. The fourth-order valence-corrected chi connectivity index (χ4v) is 0.903. The second kappa shape index (κ2) is 9.45. The Bertz CT molecular complexity index is 53.2. The van der Waals surface area contributed by atoms with Gasteiger partial charge in [0.15, 0.2) is 0 Å². The Morgan fingerprint density at radius 3 is 2.30 bits per heavy atom. The van der Waals surface area contributed by atoms with Crippen LogP contribution in [0.4, 0.5) is 0 Å². The number of hydrogen-bond donors (Lipinski definition) is 1. The monoisotopic (exact) mass is 186 g/mol. The zero-order valence-electron chi connectivity index (χ0n) is 6.88. The van der Waals surface area contributed by atoms with Crippen molar-refractivity contribution in [2.45, 2.75) is 39.5 Å². The Morgan fingerprint density at radius 2 is 2.00 bits per heavy atom. The molecule has 0 radical (unpaired) electrons. The third-order valence-electron chi connectivity index (χ3n) is 1.73.